The molecule has 6 rings (SSSR count). The van der Waals surface area contributed by atoms with Gasteiger partial charge >= 0.3 is 0 Å². The van der Waals surface area contributed by atoms with Gasteiger partial charge in [0, 0.05) is 11.3 Å². The first-order chi connectivity index (χ1) is 16.9. The van der Waals surface area contributed by atoms with Gasteiger partial charge in [-0.15, -0.1) is 0 Å². The summed E-state index contributed by atoms with van der Waals surface area (Å²) in [6.45, 7) is 3.91. The lowest BCUT2D eigenvalue weighted by Gasteiger charge is -2.28. The van der Waals surface area contributed by atoms with E-state index in [9.17, 15) is 14.4 Å². The molecule has 0 aromatic heterocycles. The molecule has 2 aliphatic carbocycles. The van der Waals surface area contributed by atoms with Crippen molar-refractivity contribution in [3.05, 3.63) is 95.1 Å². The summed E-state index contributed by atoms with van der Waals surface area (Å²) >= 11 is 0. The van der Waals surface area contributed by atoms with Crippen LogP contribution in [0.4, 0.5) is 11.4 Å². The molecule has 0 unspecified atom stereocenters. The molecule has 3 fully saturated rings. The maximum atomic E-state index is 13.6. The van der Waals surface area contributed by atoms with E-state index in [1.807, 2.05) is 50.2 Å². The molecule has 0 spiro atoms. The zero-order valence-corrected chi connectivity index (χ0v) is 19.9. The molecule has 2 bridgehead atoms. The minimum absolute atomic E-state index is 0.105. The molecule has 1 saturated heterocycles. The van der Waals surface area contributed by atoms with Gasteiger partial charge in [-0.2, -0.15) is 0 Å². The van der Waals surface area contributed by atoms with E-state index in [-0.39, 0.29) is 41.4 Å². The molecule has 1 heterocycles. The summed E-state index contributed by atoms with van der Waals surface area (Å²) in [5.41, 5.74) is 4.93. The van der Waals surface area contributed by atoms with Gasteiger partial charge in [-0.05, 0) is 79.3 Å². The van der Waals surface area contributed by atoms with Crippen molar-refractivity contribution in [1.82, 2.24) is 0 Å². The number of hydrogen-bond acceptors (Lipinski definition) is 3. The van der Waals surface area contributed by atoms with E-state index < -0.39 is 0 Å². The van der Waals surface area contributed by atoms with Crippen LogP contribution in [0.2, 0.25) is 0 Å². The fourth-order valence-electron chi connectivity index (χ4n) is 6.78. The van der Waals surface area contributed by atoms with Gasteiger partial charge in [0.15, 0.2) is 0 Å². The summed E-state index contributed by atoms with van der Waals surface area (Å²) in [4.78, 5) is 41.5. The van der Waals surface area contributed by atoms with Crippen molar-refractivity contribution in [2.24, 2.45) is 23.7 Å². The fourth-order valence-corrected chi connectivity index (χ4v) is 6.78. The summed E-state index contributed by atoms with van der Waals surface area (Å²) in [7, 11) is 0. The Morgan fingerprint density at radius 1 is 0.829 bits per heavy atom. The van der Waals surface area contributed by atoms with Crippen molar-refractivity contribution in [2.45, 2.75) is 32.6 Å². The van der Waals surface area contributed by atoms with Crippen LogP contribution < -0.4 is 10.2 Å². The highest BCUT2D eigenvalue weighted by molar-refractivity contribution is 6.23. The Balaban J connectivity index is 1.27. The zero-order chi connectivity index (χ0) is 24.3. The molecular weight excluding hydrogens is 436 g/mol. The van der Waals surface area contributed by atoms with Crippen LogP contribution in [0.3, 0.4) is 0 Å². The first-order valence-corrected chi connectivity index (χ1v) is 12.3. The van der Waals surface area contributed by atoms with Crippen molar-refractivity contribution >= 4 is 29.1 Å². The Morgan fingerprint density at radius 2 is 1.51 bits per heavy atom. The standard InChI is InChI=1S/C30H28N2O3/c1-17-8-6-9-18(2)27(17)31-28(33)20-12-7-13-22(14-20)32-29(34)25-21-15-23(19-10-4-3-5-11-19)24(16-21)26(25)30(32)35/h3-14,21,23-26H,15-16H2,1-2H3,(H,31,33)/t21-,23-,24+,25+,26-/m0/s1. The third kappa shape index (κ3) is 3.41. The summed E-state index contributed by atoms with van der Waals surface area (Å²) in [5.74, 6) is -0.206. The second-order valence-corrected chi connectivity index (χ2v) is 10.2. The Labute approximate surface area is 205 Å². The van der Waals surface area contributed by atoms with Crippen LogP contribution >= 0.6 is 0 Å². The maximum absolute atomic E-state index is 13.6. The van der Waals surface area contributed by atoms with Gasteiger partial charge in [-0.25, -0.2) is 0 Å². The lowest BCUT2D eigenvalue weighted by molar-refractivity contribution is -0.123. The third-order valence-electron chi connectivity index (χ3n) is 8.33. The Kier molecular flexibility index (Phi) is 5.10. The third-order valence-corrected chi connectivity index (χ3v) is 8.33. The van der Waals surface area contributed by atoms with Gasteiger partial charge in [0.05, 0.1) is 17.5 Å². The lowest BCUT2D eigenvalue weighted by Crippen LogP contribution is -2.33. The van der Waals surface area contributed by atoms with Crippen LogP contribution in [0.25, 0.3) is 0 Å². The van der Waals surface area contributed by atoms with E-state index in [4.69, 9.17) is 0 Å². The highest BCUT2D eigenvalue weighted by Crippen LogP contribution is 2.61. The molecule has 35 heavy (non-hydrogen) atoms. The number of aryl methyl sites for hydroxylation is 2. The Hall–Kier alpha value is -3.73. The summed E-state index contributed by atoms with van der Waals surface area (Å²) < 4.78 is 0. The number of para-hydroxylation sites is 1. The predicted molar refractivity (Wildman–Crippen MR) is 135 cm³/mol. The molecule has 2 saturated carbocycles. The molecule has 5 atom stereocenters. The van der Waals surface area contributed by atoms with Gasteiger partial charge in [0.2, 0.25) is 11.8 Å². The average Bonchev–Trinajstić information content (AvgIpc) is 3.53. The quantitative estimate of drug-likeness (QED) is 0.520. The summed E-state index contributed by atoms with van der Waals surface area (Å²) in [6.07, 6.45) is 1.90. The van der Waals surface area contributed by atoms with Gasteiger partial charge in [-0.1, -0.05) is 54.6 Å². The number of amides is 3. The number of nitrogens with one attached hydrogen (secondary N) is 1. The van der Waals surface area contributed by atoms with E-state index in [1.54, 1.807) is 24.3 Å². The number of carbonyl (C=O) groups excluding carboxylic acids is 3. The molecule has 5 nitrogen and oxygen atoms in total. The second-order valence-electron chi connectivity index (χ2n) is 10.2. The smallest absolute Gasteiger partial charge is 0.255 e. The van der Waals surface area contributed by atoms with Crippen LogP contribution in [0.1, 0.15) is 45.8 Å². The number of hydrogen-bond donors (Lipinski definition) is 1. The molecule has 1 N–H and O–H groups in total. The number of rotatable bonds is 4. The number of benzene rings is 3. The van der Waals surface area contributed by atoms with Crippen LogP contribution in [0.15, 0.2) is 72.8 Å². The van der Waals surface area contributed by atoms with E-state index in [2.05, 4.69) is 17.4 Å². The molecular formula is C30H28N2O3. The maximum Gasteiger partial charge on any atom is 0.255 e. The van der Waals surface area contributed by atoms with Gasteiger partial charge in [0.25, 0.3) is 5.91 Å². The van der Waals surface area contributed by atoms with E-state index in [1.165, 1.54) is 10.5 Å². The minimum Gasteiger partial charge on any atom is -0.322 e. The number of imide groups is 1. The summed E-state index contributed by atoms with van der Waals surface area (Å²) in [5, 5.41) is 3.00. The van der Waals surface area contributed by atoms with Crippen LogP contribution in [-0.4, -0.2) is 17.7 Å². The lowest BCUT2D eigenvalue weighted by atomic mass is 9.73. The number of carbonyl (C=O) groups is 3. The van der Waals surface area contributed by atoms with Gasteiger partial charge in [0.1, 0.15) is 0 Å². The fraction of sp³-hybridized carbons (Fsp3) is 0.300. The first kappa shape index (κ1) is 21.8. The largest absolute Gasteiger partial charge is 0.322 e. The predicted octanol–water partition coefficient (Wildman–Crippen LogP) is 5.48. The van der Waals surface area contributed by atoms with Crippen molar-refractivity contribution in [2.75, 3.05) is 10.2 Å². The van der Waals surface area contributed by atoms with Crippen LogP contribution in [-0.2, 0) is 9.59 Å². The highest BCUT2D eigenvalue weighted by atomic mass is 16.2. The average molecular weight is 465 g/mol. The molecule has 3 aromatic rings. The second kappa shape index (κ2) is 8.19. The van der Waals surface area contributed by atoms with Crippen molar-refractivity contribution in [3.8, 4) is 0 Å². The summed E-state index contributed by atoms with van der Waals surface area (Å²) in [6, 6.07) is 23.1. The van der Waals surface area contributed by atoms with Crippen molar-refractivity contribution in [3.63, 3.8) is 0 Å². The topological polar surface area (TPSA) is 66.5 Å². The van der Waals surface area contributed by atoms with Crippen molar-refractivity contribution < 1.29 is 14.4 Å². The minimum atomic E-state index is -0.265. The molecule has 3 aromatic carbocycles. The Bertz CT molecular complexity index is 1330. The Morgan fingerprint density at radius 3 is 2.26 bits per heavy atom. The van der Waals surface area contributed by atoms with Crippen molar-refractivity contribution in [1.29, 1.82) is 0 Å². The molecule has 0 radical (unpaired) electrons. The first-order valence-electron chi connectivity index (χ1n) is 12.3. The number of fused-ring (bicyclic) bond motifs is 5. The van der Waals surface area contributed by atoms with Crippen LogP contribution in [0.5, 0.6) is 0 Å². The highest BCUT2D eigenvalue weighted by Gasteiger charge is 2.64. The molecule has 1 aliphatic heterocycles. The van der Waals surface area contributed by atoms with Gasteiger partial charge in [-0.3, -0.25) is 19.3 Å². The molecule has 176 valence electrons. The number of nitrogens with zero attached hydrogens (tertiary/aromatic N) is 1. The molecule has 5 heteroatoms. The zero-order valence-electron chi connectivity index (χ0n) is 19.9. The molecule has 3 amide bonds. The SMILES string of the molecule is Cc1cccc(C)c1NC(=O)c1cccc(N2C(=O)[C@@H]3[C@@H]4C[C@@H]([C@@H]3C2=O)[C@H](c2ccccc2)C4)c1. The monoisotopic (exact) mass is 464 g/mol. The normalized spacial score (nSPS) is 26.8. The van der Waals surface area contributed by atoms with E-state index in [0.29, 0.717) is 17.2 Å². The molecule has 3 aliphatic rings. The van der Waals surface area contributed by atoms with Gasteiger partial charge < -0.3 is 5.32 Å². The van der Waals surface area contributed by atoms with E-state index >= 15 is 0 Å². The van der Waals surface area contributed by atoms with E-state index in [0.717, 1.165) is 29.7 Å². The van der Waals surface area contributed by atoms with Crippen LogP contribution in [0, 0.1) is 37.5 Å². The number of anilines is 2.